The summed E-state index contributed by atoms with van der Waals surface area (Å²) in [7, 11) is 0. The third-order valence-electron chi connectivity index (χ3n) is 1.91. The molecule has 0 aliphatic heterocycles. The Morgan fingerprint density at radius 1 is 0.895 bits per heavy atom. The molecule has 0 aromatic carbocycles. The first kappa shape index (κ1) is 16.8. The highest BCUT2D eigenvalue weighted by atomic mass is 16.4. The zero-order valence-corrected chi connectivity index (χ0v) is 10.5. The first-order chi connectivity index (χ1) is 8.81. The van der Waals surface area contributed by atoms with Gasteiger partial charge in [-0.3, -0.25) is 24.1 Å². The SMILES string of the molecule is CC(=O)NCCNC(=O)CN(CC(=O)O)CC(=O)O. The summed E-state index contributed by atoms with van der Waals surface area (Å²) in [4.78, 5) is 43.9. The van der Waals surface area contributed by atoms with Gasteiger partial charge in [0, 0.05) is 20.0 Å². The molecule has 108 valence electrons. The number of carbonyl (C=O) groups excluding carboxylic acids is 2. The summed E-state index contributed by atoms with van der Waals surface area (Å²) < 4.78 is 0. The summed E-state index contributed by atoms with van der Waals surface area (Å²) in [5.74, 6) is -3.17. The summed E-state index contributed by atoms with van der Waals surface area (Å²) in [6, 6.07) is 0. The van der Waals surface area contributed by atoms with E-state index in [1.54, 1.807) is 0 Å². The lowest BCUT2D eigenvalue weighted by Gasteiger charge is -2.17. The second kappa shape index (κ2) is 8.86. The van der Waals surface area contributed by atoms with Gasteiger partial charge in [-0.2, -0.15) is 0 Å². The number of carboxylic acid groups (broad SMARTS) is 2. The van der Waals surface area contributed by atoms with E-state index in [-0.39, 0.29) is 25.5 Å². The predicted molar refractivity (Wildman–Crippen MR) is 63.4 cm³/mol. The van der Waals surface area contributed by atoms with Gasteiger partial charge >= 0.3 is 11.9 Å². The molecule has 0 aliphatic carbocycles. The highest BCUT2D eigenvalue weighted by Gasteiger charge is 2.16. The number of carbonyl (C=O) groups is 4. The monoisotopic (exact) mass is 275 g/mol. The van der Waals surface area contributed by atoms with E-state index in [1.807, 2.05) is 0 Å². The van der Waals surface area contributed by atoms with Crippen molar-refractivity contribution in [1.29, 1.82) is 0 Å². The number of hydrogen-bond acceptors (Lipinski definition) is 5. The summed E-state index contributed by atoms with van der Waals surface area (Å²) in [5, 5.41) is 22.0. The average molecular weight is 275 g/mol. The molecule has 9 heteroatoms. The fourth-order valence-corrected chi connectivity index (χ4v) is 1.25. The van der Waals surface area contributed by atoms with E-state index >= 15 is 0 Å². The minimum Gasteiger partial charge on any atom is -0.480 e. The number of nitrogens with zero attached hydrogens (tertiary/aromatic N) is 1. The maximum atomic E-state index is 11.4. The van der Waals surface area contributed by atoms with Crippen LogP contribution in [-0.4, -0.2) is 71.6 Å². The normalized spacial score (nSPS) is 10.0. The van der Waals surface area contributed by atoms with Crippen molar-refractivity contribution < 1.29 is 29.4 Å². The van der Waals surface area contributed by atoms with E-state index in [0.717, 1.165) is 4.90 Å². The summed E-state index contributed by atoms with van der Waals surface area (Å²) >= 11 is 0. The average Bonchev–Trinajstić information content (AvgIpc) is 2.22. The van der Waals surface area contributed by atoms with Gasteiger partial charge in [0.1, 0.15) is 0 Å². The molecule has 0 unspecified atom stereocenters. The largest absolute Gasteiger partial charge is 0.480 e. The van der Waals surface area contributed by atoms with Crippen molar-refractivity contribution in [3.8, 4) is 0 Å². The van der Waals surface area contributed by atoms with Gasteiger partial charge in [-0.25, -0.2) is 0 Å². The number of amides is 2. The highest BCUT2D eigenvalue weighted by molar-refractivity contribution is 5.80. The van der Waals surface area contributed by atoms with Gasteiger partial charge in [0.15, 0.2) is 0 Å². The van der Waals surface area contributed by atoms with Crippen molar-refractivity contribution in [2.75, 3.05) is 32.7 Å². The molecule has 0 aliphatic rings. The molecule has 0 spiro atoms. The molecule has 0 saturated heterocycles. The Bertz CT molecular complexity index is 341. The Balaban J connectivity index is 4.04. The highest BCUT2D eigenvalue weighted by Crippen LogP contribution is 1.88. The van der Waals surface area contributed by atoms with Crippen molar-refractivity contribution in [3.63, 3.8) is 0 Å². The van der Waals surface area contributed by atoms with Crippen LogP contribution in [-0.2, 0) is 19.2 Å². The molecule has 0 fully saturated rings. The molecule has 0 heterocycles. The fourth-order valence-electron chi connectivity index (χ4n) is 1.25. The summed E-state index contributed by atoms with van der Waals surface area (Å²) in [6.07, 6.45) is 0. The lowest BCUT2D eigenvalue weighted by atomic mass is 10.4. The third kappa shape index (κ3) is 10.7. The van der Waals surface area contributed by atoms with Crippen LogP contribution in [0.5, 0.6) is 0 Å². The first-order valence-corrected chi connectivity index (χ1v) is 5.48. The van der Waals surface area contributed by atoms with Gasteiger partial charge in [-0.15, -0.1) is 0 Å². The molecule has 0 radical (unpaired) electrons. The van der Waals surface area contributed by atoms with Crippen LogP contribution in [0.1, 0.15) is 6.92 Å². The lowest BCUT2D eigenvalue weighted by Crippen LogP contribution is -2.43. The van der Waals surface area contributed by atoms with E-state index in [9.17, 15) is 19.2 Å². The molecule has 0 aromatic heterocycles. The Morgan fingerprint density at radius 3 is 1.79 bits per heavy atom. The number of rotatable bonds is 9. The summed E-state index contributed by atoms with van der Waals surface area (Å²) in [6.45, 7) is 0.365. The van der Waals surface area contributed by atoms with Crippen LogP contribution in [0.4, 0.5) is 0 Å². The van der Waals surface area contributed by atoms with Gasteiger partial charge in [-0.05, 0) is 0 Å². The van der Waals surface area contributed by atoms with Crippen LogP contribution >= 0.6 is 0 Å². The number of carboxylic acids is 2. The van der Waals surface area contributed by atoms with Gasteiger partial charge in [0.05, 0.1) is 19.6 Å². The summed E-state index contributed by atoms with van der Waals surface area (Å²) in [5.41, 5.74) is 0. The van der Waals surface area contributed by atoms with Crippen molar-refractivity contribution in [1.82, 2.24) is 15.5 Å². The molecule has 0 saturated carbocycles. The second-order valence-corrected chi connectivity index (χ2v) is 3.77. The van der Waals surface area contributed by atoms with E-state index in [2.05, 4.69) is 10.6 Å². The van der Waals surface area contributed by atoms with Crippen molar-refractivity contribution in [2.24, 2.45) is 0 Å². The van der Waals surface area contributed by atoms with Crippen LogP contribution in [0.15, 0.2) is 0 Å². The molecule has 0 aromatic rings. The van der Waals surface area contributed by atoms with Crippen LogP contribution in [0.2, 0.25) is 0 Å². The van der Waals surface area contributed by atoms with Gasteiger partial charge < -0.3 is 20.8 Å². The van der Waals surface area contributed by atoms with Crippen LogP contribution in [0.3, 0.4) is 0 Å². The number of nitrogens with one attached hydrogen (secondary N) is 2. The molecule has 0 atom stereocenters. The Labute approximate surface area is 109 Å². The zero-order valence-electron chi connectivity index (χ0n) is 10.5. The predicted octanol–water partition coefficient (Wildman–Crippen LogP) is -2.29. The molecular weight excluding hydrogens is 258 g/mol. The second-order valence-electron chi connectivity index (χ2n) is 3.77. The molecule has 0 bridgehead atoms. The van der Waals surface area contributed by atoms with Crippen LogP contribution in [0.25, 0.3) is 0 Å². The molecular formula is C10H17N3O6. The van der Waals surface area contributed by atoms with Gasteiger partial charge in [0.25, 0.3) is 0 Å². The lowest BCUT2D eigenvalue weighted by molar-refractivity contribution is -0.142. The minimum atomic E-state index is -1.22. The van der Waals surface area contributed by atoms with E-state index in [0.29, 0.717) is 0 Å². The maximum Gasteiger partial charge on any atom is 0.317 e. The number of hydrogen-bond donors (Lipinski definition) is 4. The molecule has 9 nitrogen and oxygen atoms in total. The van der Waals surface area contributed by atoms with E-state index in [1.165, 1.54) is 6.92 Å². The Kier molecular flexibility index (Phi) is 7.85. The maximum absolute atomic E-state index is 11.4. The quantitative estimate of drug-likeness (QED) is 0.348. The third-order valence-corrected chi connectivity index (χ3v) is 1.91. The van der Waals surface area contributed by atoms with E-state index in [4.69, 9.17) is 10.2 Å². The van der Waals surface area contributed by atoms with Crippen molar-refractivity contribution >= 4 is 23.8 Å². The van der Waals surface area contributed by atoms with Crippen molar-refractivity contribution in [3.05, 3.63) is 0 Å². The standard InChI is InChI=1S/C10H17N3O6/c1-7(14)11-2-3-12-8(15)4-13(5-9(16)17)6-10(18)19/h2-6H2,1H3,(H,11,14)(H,12,15)(H,16,17)(H,18,19). The van der Waals surface area contributed by atoms with Gasteiger partial charge in [0.2, 0.25) is 11.8 Å². The van der Waals surface area contributed by atoms with Crippen LogP contribution < -0.4 is 10.6 Å². The molecule has 4 N–H and O–H groups in total. The minimum absolute atomic E-state index is 0.187. The Morgan fingerprint density at radius 2 is 1.37 bits per heavy atom. The Hall–Kier alpha value is -2.16. The van der Waals surface area contributed by atoms with E-state index < -0.39 is 30.9 Å². The topological polar surface area (TPSA) is 136 Å². The fraction of sp³-hybridized carbons (Fsp3) is 0.600. The zero-order chi connectivity index (χ0) is 14.8. The van der Waals surface area contributed by atoms with Gasteiger partial charge in [-0.1, -0.05) is 0 Å². The molecule has 19 heavy (non-hydrogen) atoms. The smallest absolute Gasteiger partial charge is 0.317 e. The number of aliphatic carboxylic acids is 2. The van der Waals surface area contributed by atoms with Crippen molar-refractivity contribution in [2.45, 2.75) is 6.92 Å². The molecule has 2 amide bonds. The van der Waals surface area contributed by atoms with Crippen LogP contribution in [0, 0.1) is 0 Å². The molecule has 0 rings (SSSR count). The first-order valence-electron chi connectivity index (χ1n) is 5.48.